The minimum absolute atomic E-state index is 0.00597. The summed E-state index contributed by atoms with van der Waals surface area (Å²) in [6.45, 7) is 2.75. The molecule has 18 heavy (non-hydrogen) atoms. The van der Waals surface area contributed by atoms with Crippen LogP contribution >= 0.6 is 0 Å². The number of carboxylic acid groups (broad SMARTS) is 1. The van der Waals surface area contributed by atoms with Crippen LogP contribution in [0, 0.1) is 21.4 Å². The van der Waals surface area contributed by atoms with Crippen LogP contribution in [0.15, 0.2) is 18.2 Å². The minimum atomic E-state index is -1.38. The highest BCUT2D eigenvalue weighted by atomic mass is 16.6. The van der Waals surface area contributed by atoms with Gasteiger partial charge in [0.15, 0.2) is 0 Å². The number of nitro groups is 1. The summed E-state index contributed by atoms with van der Waals surface area (Å²) >= 11 is 0. The van der Waals surface area contributed by atoms with Gasteiger partial charge in [-0.2, -0.15) is 5.26 Å². The van der Waals surface area contributed by atoms with E-state index in [0.29, 0.717) is 0 Å². The van der Waals surface area contributed by atoms with Gasteiger partial charge in [0.1, 0.15) is 11.2 Å². The fourth-order valence-electron chi connectivity index (χ4n) is 1.26. The number of carboxylic acids is 1. The van der Waals surface area contributed by atoms with Crippen molar-refractivity contribution in [3.05, 3.63) is 33.9 Å². The number of benzene rings is 1. The van der Waals surface area contributed by atoms with Gasteiger partial charge in [-0.15, -0.1) is 0 Å². The smallest absolute Gasteiger partial charge is 0.328 e. The van der Waals surface area contributed by atoms with Gasteiger partial charge in [0.2, 0.25) is 0 Å². The van der Waals surface area contributed by atoms with Gasteiger partial charge in [0.25, 0.3) is 5.69 Å². The molecule has 0 fully saturated rings. The number of nitro benzene ring substituents is 1. The highest BCUT2D eigenvalue weighted by molar-refractivity contribution is 5.83. The number of nitriles is 1. The molecule has 2 N–H and O–H groups in total. The van der Waals surface area contributed by atoms with Crippen molar-refractivity contribution in [2.75, 3.05) is 5.32 Å². The summed E-state index contributed by atoms with van der Waals surface area (Å²) in [6, 6.07) is 5.56. The zero-order chi connectivity index (χ0) is 13.9. The highest BCUT2D eigenvalue weighted by Gasteiger charge is 2.29. The van der Waals surface area contributed by atoms with Crippen molar-refractivity contribution in [2.45, 2.75) is 19.4 Å². The zero-order valence-electron chi connectivity index (χ0n) is 9.80. The number of aliphatic carboxylic acids is 1. The minimum Gasteiger partial charge on any atom is -0.480 e. The third-order valence-corrected chi connectivity index (χ3v) is 2.30. The Labute approximate surface area is 103 Å². The van der Waals surface area contributed by atoms with Crippen LogP contribution < -0.4 is 5.32 Å². The Balaban J connectivity index is 3.25. The van der Waals surface area contributed by atoms with E-state index in [2.05, 4.69) is 5.32 Å². The number of nitrogens with one attached hydrogen (secondary N) is 1. The van der Waals surface area contributed by atoms with E-state index in [0.717, 1.165) is 0 Å². The van der Waals surface area contributed by atoms with Crippen molar-refractivity contribution in [1.29, 1.82) is 5.26 Å². The lowest BCUT2D eigenvalue weighted by Gasteiger charge is -2.22. The van der Waals surface area contributed by atoms with Crippen molar-refractivity contribution in [2.24, 2.45) is 0 Å². The average Bonchev–Trinajstić information content (AvgIpc) is 2.27. The normalized spacial score (nSPS) is 10.5. The molecule has 0 aliphatic heterocycles. The van der Waals surface area contributed by atoms with Crippen LogP contribution in [-0.4, -0.2) is 21.5 Å². The number of carbonyl (C=O) groups is 1. The molecular formula is C11H11N3O4. The van der Waals surface area contributed by atoms with E-state index in [-0.39, 0.29) is 16.9 Å². The molecule has 0 saturated carbocycles. The van der Waals surface area contributed by atoms with E-state index in [1.54, 1.807) is 0 Å². The molecule has 0 amide bonds. The lowest BCUT2D eigenvalue weighted by atomic mass is 10.0. The standard InChI is InChI=1S/C11H11N3O4/c1-11(2,10(15)16)13-8-5-7(6-12)3-4-9(8)14(17)18/h3-5,13H,1-2H3,(H,15,16). The van der Waals surface area contributed by atoms with Gasteiger partial charge in [0, 0.05) is 6.07 Å². The van der Waals surface area contributed by atoms with Crippen LogP contribution in [0.3, 0.4) is 0 Å². The fraction of sp³-hybridized carbons (Fsp3) is 0.273. The molecule has 1 aromatic rings. The first-order valence-electron chi connectivity index (χ1n) is 4.98. The summed E-state index contributed by atoms with van der Waals surface area (Å²) < 4.78 is 0. The second-order valence-electron chi connectivity index (χ2n) is 4.16. The van der Waals surface area contributed by atoms with Crippen LogP contribution in [0.5, 0.6) is 0 Å². The molecule has 1 aromatic carbocycles. The van der Waals surface area contributed by atoms with Crippen molar-refractivity contribution in [3.63, 3.8) is 0 Å². The molecule has 0 aromatic heterocycles. The molecule has 0 spiro atoms. The van der Waals surface area contributed by atoms with E-state index in [1.807, 2.05) is 6.07 Å². The Morgan fingerprint density at radius 3 is 2.61 bits per heavy atom. The summed E-state index contributed by atoms with van der Waals surface area (Å²) in [5, 5.41) is 31.1. The molecule has 0 saturated heterocycles. The molecular weight excluding hydrogens is 238 g/mol. The van der Waals surface area contributed by atoms with Crippen LogP contribution in [-0.2, 0) is 4.79 Å². The van der Waals surface area contributed by atoms with E-state index >= 15 is 0 Å². The van der Waals surface area contributed by atoms with Gasteiger partial charge in [-0.1, -0.05) is 0 Å². The maximum Gasteiger partial charge on any atom is 0.328 e. The monoisotopic (exact) mass is 249 g/mol. The third kappa shape index (κ3) is 2.74. The number of nitrogens with zero attached hydrogens (tertiary/aromatic N) is 2. The Kier molecular flexibility index (Phi) is 3.52. The molecule has 1 rings (SSSR count). The third-order valence-electron chi connectivity index (χ3n) is 2.30. The SMILES string of the molecule is CC(C)(Nc1cc(C#N)ccc1[N+](=O)[O-])C(=O)O. The van der Waals surface area contributed by atoms with E-state index in [1.165, 1.54) is 32.0 Å². The average molecular weight is 249 g/mol. The molecule has 0 bridgehead atoms. The maximum absolute atomic E-state index is 11.0. The summed E-state index contributed by atoms with van der Waals surface area (Å²) in [5.41, 5.74) is -1.43. The van der Waals surface area contributed by atoms with Gasteiger partial charge in [-0.3, -0.25) is 10.1 Å². The van der Waals surface area contributed by atoms with Gasteiger partial charge in [-0.25, -0.2) is 4.79 Å². The largest absolute Gasteiger partial charge is 0.480 e. The van der Waals surface area contributed by atoms with E-state index < -0.39 is 16.4 Å². The van der Waals surface area contributed by atoms with Gasteiger partial charge in [-0.05, 0) is 26.0 Å². The fourth-order valence-corrected chi connectivity index (χ4v) is 1.26. The van der Waals surface area contributed by atoms with Gasteiger partial charge < -0.3 is 10.4 Å². The molecule has 0 aliphatic carbocycles. The quantitative estimate of drug-likeness (QED) is 0.620. The lowest BCUT2D eigenvalue weighted by molar-refractivity contribution is -0.384. The molecule has 0 aliphatic rings. The van der Waals surface area contributed by atoms with Crippen molar-refractivity contribution >= 4 is 17.3 Å². The Morgan fingerprint density at radius 2 is 2.17 bits per heavy atom. The molecule has 7 heteroatoms. The number of anilines is 1. The first-order valence-corrected chi connectivity index (χ1v) is 4.98. The molecule has 7 nitrogen and oxygen atoms in total. The second-order valence-corrected chi connectivity index (χ2v) is 4.16. The lowest BCUT2D eigenvalue weighted by Crippen LogP contribution is -2.40. The first-order chi connectivity index (χ1) is 8.27. The summed E-state index contributed by atoms with van der Waals surface area (Å²) in [6.07, 6.45) is 0. The predicted molar refractivity (Wildman–Crippen MR) is 63.1 cm³/mol. The molecule has 0 atom stereocenters. The van der Waals surface area contributed by atoms with Gasteiger partial charge in [0.05, 0.1) is 16.6 Å². The Hall–Kier alpha value is -2.62. The number of hydrogen-bond acceptors (Lipinski definition) is 5. The maximum atomic E-state index is 11.0. The Bertz CT molecular complexity index is 546. The molecule has 0 unspecified atom stereocenters. The van der Waals surface area contributed by atoms with Gasteiger partial charge >= 0.3 is 5.97 Å². The van der Waals surface area contributed by atoms with Crippen LogP contribution in [0.25, 0.3) is 0 Å². The predicted octanol–water partition coefficient (Wildman–Crippen LogP) is 1.74. The summed E-state index contributed by atoms with van der Waals surface area (Å²) in [7, 11) is 0. The van der Waals surface area contributed by atoms with Crippen molar-refractivity contribution in [1.82, 2.24) is 0 Å². The van der Waals surface area contributed by atoms with Crippen molar-refractivity contribution < 1.29 is 14.8 Å². The number of hydrogen-bond donors (Lipinski definition) is 2. The molecule has 0 heterocycles. The van der Waals surface area contributed by atoms with E-state index in [4.69, 9.17) is 10.4 Å². The highest BCUT2D eigenvalue weighted by Crippen LogP contribution is 2.28. The van der Waals surface area contributed by atoms with E-state index in [9.17, 15) is 14.9 Å². The van der Waals surface area contributed by atoms with Crippen LogP contribution in [0.2, 0.25) is 0 Å². The number of rotatable bonds is 4. The van der Waals surface area contributed by atoms with Crippen LogP contribution in [0.1, 0.15) is 19.4 Å². The zero-order valence-corrected chi connectivity index (χ0v) is 9.80. The summed E-state index contributed by atoms with van der Waals surface area (Å²) in [5.74, 6) is -1.15. The van der Waals surface area contributed by atoms with Crippen LogP contribution in [0.4, 0.5) is 11.4 Å². The molecule has 94 valence electrons. The van der Waals surface area contributed by atoms with Crippen molar-refractivity contribution in [3.8, 4) is 6.07 Å². The Morgan fingerprint density at radius 1 is 1.56 bits per heavy atom. The topological polar surface area (TPSA) is 116 Å². The molecule has 0 radical (unpaired) electrons. The summed E-state index contributed by atoms with van der Waals surface area (Å²) in [4.78, 5) is 21.1. The first kappa shape index (κ1) is 13.4. The second kappa shape index (κ2) is 4.71.